The SMILES string of the molecule is COCC(C)(COC)CC1CC1. The average Bonchev–Trinajstić information content (AvgIpc) is 2.72. The first kappa shape index (κ1) is 10.0. The van der Waals surface area contributed by atoms with E-state index in [0.717, 1.165) is 19.1 Å². The summed E-state index contributed by atoms with van der Waals surface area (Å²) in [7, 11) is 3.53. The van der Waals surface area contributed by atoms with E-state index in [0.29, 0.717) is 0 Å². The quantitative estimate of drug-likeness (QED) is 0.610. The van der Waals surface area contributed by atoms with Gasteiger partial charge in [-0.25, -0.2) is 0 Å². The lowest BCUT2D eigenvalue weighted by atomic mass is 9.86. The van der Waals surface area contributed by atoms with Crippen LogP contribution in [0.15, 0.2) is 0 Å². The minimum atomic E-state index is 0.241. The predicted octanol–water partition coefficient (Wildman–Crippen LogP) is 2.09. The van der Waals surface area contributed by atoms with Crippen molar-refractivity contribution in [2.75, 3.05) is 27.4 Å². The van der Waals surface area contributed by atoms with E-state index >= 15 is 0 Å². The van der Waals surface area contributed by atoms with Gasteiger partial charge in [0.25, 0.3) is 0 Å². The fourth-order valence-electron chi connectivity index (χ4n) is 1.88. The van der Waals surface area contributed by atoms with E-state index in [4.69, 9.17) is 9.47 Å². The first-order valence-corrected chi connectivity index (χ1v) is 4.68. The Balaban J connectivity index is 2.32. The maximum Gasteiger partial charge on any atom is 0.0538 e. The molecule has 0 amide bonds. The molecule has 12 heavy (non-hydrogen) atoms. The standard InChI is InChI=1S/C10H20O2/c1-10(7-11-2,8-12-3)6-9-4-5-9/h9H,4-8H2,1-3H3. The van der Waals surface area contributed by atoms with Crippen molar-refractivity contribution in [3.05, 3.63) is 0 Å². The largest absolute Gasteiger partial charge is 0.384 e. The van der Waals surface area contributed by atoms with Crippen molar-refractivity contribution < 1.29 is 9.47 Å². The lowest BCUT2D eigenvalue weighted by molar-refractivity contribution is 0.0133. The van der Waals surface area contributed by atoms with Crippen molar-refractivity contribution in [3.8, 4) is 0 Å². The maximum absolute atomic E-state index is 5.21. The molecule has 0 heterocycles. The fraction of sp³-hybridized carbons (Fsp3) is 1.00. The minimum absolute atomic E-state index is 0.241. The Kier molecular flexibility index (Phi) is 3.53. The second-order valence-electron chi connectivity index (χ2n) is 4.32. The lowest BCUT2D eigenvalue weighted by Crippen LogP contribution is -2.28. The lowest BCUT2D eigenvalue weighted by Gasteiger charge is -2.27. The third-order valence-electron chi connectivity index (χ3n) is 2.46. The zero-order valence-electron chi connectivity index (χ0n) is 8.43. The molecule has 2 heteroatoms. The highest BCUT2D eigenvalue weighted by molar-refractivity contribution is 4.83. The summed E-state index contributed by atoms with van der Waals surface area (Å²) in [6.45, 7) is 3.88. The summed E-state index contributed by atoms with van der Waals surface area (Å²) in [5, 5.41) is 0. The van der Waals surface area contributed by atoms with Gasteiger partial charge in [0, 0.05) is 19.6 Å². The van der Waals surface area contributed by atoms with Crippen molar-refractivity contribution in [1.82, 2.24) is 0 Å². The van der Waals surface area contributed by atoms with Crippen molar-refractivity contribution in [2.45, 2.75) is 26.2 Å². The molecule has 72 valence electrons. The van der Waals surface area contributed by atoms with Crippen LogP contribution in [-0.2, 0) is 9.47 Å². The second-order valence-corrected chi connectivity index (χ2v) is 4.32. The van der Waals surface area contributed by atoms with E-state index in [1.54, 1.807) is 14.2 Å². The topological polar surface area (TPSA) is 18.5 Å². The fourth-order valence-corrected chi connectivity index (χ4v) is 1.88. The number of ether oxygens (including phenoxy) is 2. The predicted molar refractivity (Wildman–Crippen MR) is 49.2 cm³/mol. The molecule has 0 saturated heterocycles. The highest BCUT2D eigenvalue weighted by atomic mass is 16.5. The van der Waals surface area contributed by atoms with Crippen LogP contribution in [0.25, 0.3) is 0 Å². The summed E-state index contributed by atoms with van der Waals surface area (Å²) in [4.78, 5) is 0. The summed E-state index contributed by atoms with van der Waals surface area (Å²) >= 11 is 0. The number of hydrogen-bond donors (Lipinski definition) is 0. The van der Waals surface area contributed by atoms with Gasteiger partial charge in [-0.1, -0.05) is 19.8 Å². The Morgan fingerprint density at radius 2 is 1.67 bits per heavy atom. The van der Waals surface area contributed by atoms with Gasteiger partial charge in [0.05, 0.1) is 13.2 Å². The van der Waals surface area contributed by atoms with Crippen LogP contribution in [0, 0.1) is 11.3 Å². The highest BCUT2D eigenvalue weighted by Crippen LogP contribution is 2.40. The molecule has 1 aliphatic rings. The highest BCUT2D eigenvalue weighted by Gasteiger charge is 2.33. The molecule has 1 rings (SSSR count). The van der Waals surface area contributed by atoms with Crippen LogP contribution in [0.4, 0.5) is 0 Å². The van der Waals surface area contributed by atoms with Crippen LogP contribution in [0.2, 0.25) is 0 Å². The number of rotatable bonds is 6. The molecule has 1 fully saturated rings. The number of methoxy groups -OCH3 is 2. The molecule has 1 aliphatic carbocycles. The summed E-state index contributed by atoms with van der Waals surface area (Å²) in [5.41, 5.74) is 0.241. The molecule has 0 spiro atoms. The van der Waals surface area contributed by atoms with Gasteiger partial charge in [-0.2, -0.15) is 0 Å². The van der Waals surface area contributed by atoms with Crippen LogP contribution in [0.5, 0.6) is 0 Å². The monoisotopic (exact) mass is 172 g/mol. The maximum atomic E-state index is 5.21. The molecule has 0 bridgehead atoms. The Morgan fingerprint density at radius 1 is 1.17 bits per heavy atom. The van der Waals surface area contributed by atoms with Crippen LogP contribution in [-0.4, -0.2) is 27.4 Å². The molecule has 1 saturated carbocycles. The zero-order chi connectivity index (χ0) is 9.03. The molecular formula is C10H20O2. The smallest absolute Gasteiger partial charge is 0.0538 e. The first-order chi connectivity index (χ1) is 5.70. The van der Waals surface area contributed by atoms with Gasteiger partial charge in [0.1, 0.15) is 0 Å². The van der Waals surface area contributed by atoms with Gasteiger partial charge in [-0.15, -0.1) is 0 Å². The molecule has 0 aromatic heterocycles. The van der Waals surface area contributed by atoms with Crippen molar-refractivity contribution >= 4 is 0 Å². The molecule has 0 atom stereocenters. The van der Waals surface area contributed by atoms with E-state index < -0.39 is 0 Å². The Labute approximate surface area is 75.2 Å². The van der Waals surface area contributed by atoms with Crippen LogP contribution >= 0.6 is 0 Å². The number of hydrogen-bond acceptors (Lipinski definition) is 2. The van der Waals surface area contributed by atoms with Gasteiger partial charge in [-0.3, -0.25) is 0 Å². The minimum Gasteiger partial charge on any atom is -0.384 e. The molecular weight excluding hydrogens is 152 g/mol. The Morgan fingerprint density at radius 3 is 2.00 bits per heavy atom. The normalized spacial score (nSPS) is 18.2. The Hall–Kier alpha value is -0.0800. The van der Waals surface area contributed by atoms with Crippen LogP contribution < -0.4 is 0 Å². The van der Waals surface area contributed by atoms with Crippen molar-refractivity contribution in [2.24, 2.45) is 11.3 Å². The molecule has 0 N–H and O–H groups in total. The van der Waals surface area contributed by atoms with E-state index in [9.17, 15) is 0 Å². The van der Waals surface area contributed by atoms with Gasteiger partial charge in [0.15, 0.2) is 0 Å². The molecule has 0 unspecified atom stereocenters. The summed E-state index contributed by atoms with van der Waals surface area (Å²) < 4.78 is 10.4. The summed E-state index contributed by atoms with van der Waals surface area (Å²) in [6.07, 6.45) is 4.07. The molecule has 2 nitrogen and oxygen atoms in total. The van der Waals surface area contributed by atoms with E-state index in [1.807, 2.05) is 0 Å². The molecule has 0 aromatic carbocycles. The average molecular weight is 172 g/mol. The van der Waals surface area contributed by atoms with E-state index in [-0.39, 0.29) is 5.41 Å². The van der Waals surface area contributed by atoms with E-state index in [2.05, 4.69) is 6.92 Å². The Bertz CT molecular complexity index is 124. The summed E-state index contributed by atoms with van der Waals surface area (Å²) in [5.74, 6) is 0.945. The molecule has 0 radical (unpaired) electrons. The van der Waals surface area contributed by atoms with Crippen LogP contribution in [0.3, 0.4) is 0 Å². The van der Waals surface area contributed by atoms with Gasteiger partial charge >= 0.3 is 0 Å². The van der Waals surface area contributed by atoms with Crippen LogP contribution in [0.1, 0.15) is 26.2 Å². The van der Waals surface area contributed by atoms with Gasteiger partial charge < -0.3 is 9.47 Å². The second kappa shape index (κ2) is 4.24. The van der Waals surface area contributed by atoms with Crippen molar-refractivity contribution in [3.63, 3.8) is 0 Å². The van der Waals surface area contributed by atoms with Gasteiger partial charge in [0.2, 0.25) is 0 Å². The molecule has 0 aliphatic heterocycles. The van der Waals surface area contributed by atoms with Gasteiger partial charge in [-0.05, 0) is 12.3 Å². The van der Waals surface area contributed by atoms with Crippen molar-refractivity contribution in [1.29, 1.82) is 0 Å². The molecule has 0 aromatic rings. The zero-order valence-corrected chi connectivity index (χ0v) is 8.43. The summed E-state index contributed by atoms with van der Waals surface area (Å²) in [6, 6.07) is 0. The third kappa shape index (κ3) is 3.11. The first-order valence-electron chi connectivity index (χ1n) is 4.68. The third-order valence-corrected chi connectivity index (χ3v) is 2.46. The van der Waals surface area contributed by atoms with E-state index in [1.165, 1.54) is 19.3 Å².